The van der Waals surface area contributed by atoms with Gasteiger partial charge in [0, 0.05) is 206 Å². The van der Waals surface area contributed by atoms with E-state index in [-0.39, 0.29) is 150 Å². The van der Waals surface area contributed by atoms with Crippen LogP contribution in [0.25, 0.3) is 0 Å². The van der Waals surface area contributed by atoms with Gasteiger partial charge >= 0.3 is 42.4 Å². The number of esters is 2. The number of carbonyl (C=O) groups is 6. The molecule has 3 fully saturated rings. The lowest BCUT2D eigenvalue weighted by Crippen LogP contribution is -2.47. The van der Waals surface area contributed by atoms with Crippen molar-refractivity contribution in [1.82, 2.24) is 43.4 Å². The Labute approximate surface area is 823 Å². The Morgan fingerprint density at radius 2 is 0.694 bits per heavy atom. The first-order chi connectivity index (χ1) is 66.4. The zero-order chi connectivity index (χ0) is 108. The van der Waals surface area contributed by atoms with Gasteiger partial charge in [-0.2, -0.15) is 39.5 Å². The molecule has 9 aromatic rings. The number of amides is 2. The number of nitrogen functional groups attached to an aromatic ring is 1. The molecule has 6 aromatic carbocycles. The van der Waals surface area contributed by atoms with Gasteiger partial charge in [0.1, 0.15) is 46.1 Å². The molecule has 6 heterocycles. The van der Waals surface area contributed by atoms with E-state index in [4.69, 9.17) is 20.3 Å². The molecule has 6 atom stereocenters. The van der Waals surface area contributed by atoms with Crippen molar-refractivity contribution in [3.05, 3.63) is 231 Å². The molecule has 3 aromatic heterocycles. The molecule has 6 N–H and O–H groups in total. The molecule has 788 valence electrons. The lowest BCUT2D eigenvalue weighted by Gasteiger charge is -2.32. The minimum Gasteiger partial charge on any atom is -0.481 e. The summed E-state index contributed by atoms with van der Waals surface area (Å²) in [5, 5.41) is 23.2. The van der Waals surface area contributed by atoms with Crippen LogP contribution in [0.3, 0.4) is 0 Å². The highest BCUT2D eigenvalue weighted by atomic mass is 19.4. The summed E-state index contributed by atoms with van der Waals surface area (Å²) in [6, 6.07) is 18.4. The van der Waals surface area contributed by atoms with E-state index >= 15 is 8.78 Å². The largest absolute Gasteiger partial charge is 0.481 e. The van der Waals surface area contributed by atoms with E-state index in [9.17, 15) is 104 Å². The smallest absolute Gasteiger partial charge is 0.416 e. The highest BCUT2D eigenvalue weighted by Gasteiger charge is 2.60. The van der Waals surface area contributed by atoms with Crippen LogP contribution >= 0.6 is 0 Å². The number of likely N-dealkylation sites (tertiary alicyclic amines) is 3. The average molecular weight is 2050 g/mol. The van der Waals surface area contributed by atoms with Crippen molar-refractivity contribution >= 4 is 70.6 Å². The first-order valence-electron chi connectivity index (χ1n) is 46.1. The zero-order valence-corrected chi connectivity index (χ0v) is 83.2. The van der Waals surface area contributed by atoms with Crippen molar-refractivity contribution in [2.24, 2.45) is 0 Å². The molecular weight excluding hydrogens is 1930 g/mol. The number of carbonyl (C=O) groups excluding carboxylic acids is 4. The number of alkyl halides is 12. The highest BCUT2D eigenvalue weighted by molar-refractivity contribution is 5.98. The summed E-state index contributed by atoms with van der Waals surface area (Å²) < 4.78 is 269. The molecule has 0 spiro atoms. The van der Waals surface area contributed by atoms with Gasteiger partial charge in [-0.25, -0.2) is 59.3 Å². The van der Waals surface area contributed by atoms with Gasteiger partial charge < -0.3 is 53.8 Å². The summed E-state index contributed by atoms with van der Waals surface area (Å²) in [5.74, 6) is -14.5. The summed E-state index contributed by atoms with van der Waals surface area (Å²) in [6.45, 7) is 26.9. The molecule has 12 rings (SSSR count). The number of hydrogen-bond acceptors (Lipinski definition) is 18. The van der Waals surface area contributed by atoms with Gasteiger partial charge in [-0.3, -0.25) is 49.3 Å². The fourth-order valence-electron chi connectivity index (χ4n) is 16.8. The third-order valence-electron chi connectivity index (χ3n) is 24.7. The fraction of sp³-hybridized carbons (Fsp3) is 0.495. The third kappa shape index (κ3) is 30.2. The van der Waals surface area contributed by atoms with Crippen LogP contribution in [0, 0.1) is 34.9 Å². The monoisotopic (exact) mass is 2050 g/mol. The van der Waals surface area contributed by atoms with Gasteiger partial charge in [-0.05, 0) is 211 Å². The Hall–Kier alpha value is -12.4. The zero-order valence-electron chi connectivity index (χ0n) is 83.2. The topological polar surface area (TPSA) is 284 Å². The van der Waals surface area contributed by atoms with Crippen LogP contribution in [-0.2, 0) is 76.4 Å². The summed E-state index contributed by atoms with van der Waals surface area (Å²) in [6.07, 6.45) is -3.83. The number of nitrogens with two attached hydrogens (primary N) is 1. The summed E-state index contributed by atoms with van der Waals surface area (Å²) in [5.41, 5.74) is -5.48. The van der Waals surface area contributed by atoms with Crippen molar-refractivity contribution in [2.75, 3.05) is 111 Å². The van der Waals surface area contributed by atoms with E-state index in [1.54, 1.807) is 97.9 Å². The number of carboxylic acids is 2. The van der Waals surface area contributed by atoms with Crippen molar-refractivity contribution in [3.63, 3.8) is 0 Å². The second kappa shape index (κ2) is 45.5. The van der Waals surface area contributed by atoms with Crippen LogP contribution in [-0.4, -0.2) is 214 Å². The van der Waals surface area contributed by atoms with Gasteiger partial charge in [-0.15, -0.1) is 0 Å². The van der Waals surface area contributed by atoms with Gasteiger partial charge in [0.2, 0.25) is 28.9 Å². The number of nitrogens with one attached hydrogen (secondary N) is 2. The second-order valence-electron chi connectivity index (χ2n) is 40.9. The predicted molar refractivity (Wildman–Crippen MR) is 507 cm³/mol. The standard InChI is InChI=1S/C35H43F6N5O3.C31H35F6N5O3.C20H27F3N4O2.C15H18F3NO2/c1-32(2,3)46-20-26(25-13-12-24(36)18-27(25)37)34(38,21-46)30(48)43-31-42-14-16-45(31)19-22-10-11-23(35(39,40)41)17-28(22)44(7)15-8-9-29(47)49-33(4,5)6;1-29(2,3)42-17-23(22-10-9-21(32)15-24(22)33)30(34,18-42)27(45)39-28-38-11-13-41(28)16-19-7-8-20(31(35,36)37)14-25(19)40(4)12-5-6-26(43)44;1-19(2,3)29-17(28)6-5-10-26(4)16-12-15(20(21,22)23)8-7-14(16)13-27-11-9-25-18(27)24;1-14(2,3)19-7-11(15(18,8-19)13(20)21)10-5-4-9(16)6-12(10)17/h10-14,16-18,26H,8-9,15,19-21H2,1-7H3,(H,42,43,48);7-11,13-15,23H,5-6,12,16-18H2,1-4H3,(H,43,44)(H,38,39,45);7-9,11-12H,5-6,10,13H2,1-4H3,(H2,24,25);4-6,11H,7-8H2,1-3H3,(H,20,21)/t26-,34-;23-,30-;;11-,15-/m00.0/s1. The fourth-order valence-corrected chi connectivity index (χ4v) is 16.8. The van der Waals surface area contributed by atoms with Crippen molar-refractivity contribution in [1.29, 1.82) is 0 Å². The molecule has 43 heteroatoms. The number of halogens is 18. The molecule has 0 radical (unpaired) electrons. The Morgan fingerprint density at radius 3 is 0.965 bits per heavy atom. The Morgan fingerprint density at radius 1 is 0.410 bits per heavy atom. The van der Waals surface area contributed by atoms with E-state index in [0.717, 1.165) is 72.8 Å². The molecule has 0 aliphatic carbocycles. The van der Waals surface area contributed by atoms with Gasteiger partial charge in [0.25, 0.3) is 11.8 Å². The van der Waals surface area contributed by atoms with Crippen LogP contribution in [0.4, 0.5) is 114 Å². The Bertz CT molecular complexity index is 6000. The molecule has 0 unspecified atom stereocenters. The molecular formula is C101H123F18N15O10. The number of carboxylic acid groups (broad SMARTS) is 2. The summed E-state index contributed by atoms with van der Waals surface area (Å²) >= 11 is 0. The highest BCUT2D eigenvalue weighted by Crippen LogP contribution is 2.49. The number of anilines is 6. The van der Waals surface area contributed by atoms with Crippen molar-refractivity contribution in [3.8, 4) is 0 Å². The number of ether oxygens (including phenoxy) is 2. The summed E-state index contributed by atoms with van der Waals surface area (Å²) in [7, 11) is 4.85. The molecule has 3 aliphatic heterocycles. The maximum Gasteiger partial charge on any atom is 0.416 e. The SMILES string of the molecule is CC(C)(C)N1C[C@@H](c2ccc(F)cc2F)[C@](F)(C(=O)O)C1.CN(CCCC(=O)O)c1cc(C(F)(F)F)ccc1Cn1ccnc1NC(=O)[C@]1(F)CN(C(C)(C)C)C[C@H]1c1ccc(F)cc1F.CN(CCCC(=O)OC(C)(C)C)c1cc(C(F)(F)F)ccc1Cn1ccnc1N.CN(CCCC(=O)OC(C)(C)C)c1cc(C(F)(F)F)ccc1Cn1ccnc1NC(=O)[C@]1(F)CN(C(C)(C)C)C[C@H]1c1ccc(F)cc1F. The van der Waals surface area contributed by atoms with Gasteiger partial charge in [0.05, 0.1) is 36.3 Å². The maximum absolute atomic E-state index is 17.0. The lowest BCUT2D eigenvalue weighted by atomic mass is 9.85. The third-order valence-corrected chi connectivity index (χ3v) is 24.7. The minimum atomic E-state index is -4.62. The number of aliphatic carboxylic acids is 2. The van der Waals surface area contributed by atoms with E-state index in [0.29, 0.717) is 60.0 Å². The quantitative estimate of drug-likeness (QED) is 0.0215. The van der Waals surface area contributed by atoms with E-state index in [1.165, 1.54) is 63.2 Å². The van der Waals surface area contributed by atoms with Gasteiger partial charge in [-0.1, -0.05) is 36.4 Å². The van der Waals surface area contributed by atoms with Crippen LogP contribution in [0.2, 0.25) is 0 Å². The van der Waals surface area contributed by atoms with E-state index < -0.39 is 162 Å². The van der Waals surface area contributed by atoms with E-state index in [2.05, 4.69) is 25.6 Å². The first kappa shape index (κ1) is 115. The molecule has 3 saturated heterocycles. The predicted octanol–water partition coefficient (Wildman–Crippen LogP) is 20.5. The number of hydrogen-bond donors (Lipinski definition) is 5. The average Bonchev–Trinajstić information content (AvgIpc) is 1.58. The maximum atomic E-state index is 17.0. The van der Waals surface area contributed by atoms with E-state index in [1.807, 2.05) is 62.3 Å². The number of nitrogens with zero attached hydrogens (tertiary/aromatic N) is 12. The number of benzene rings is 6. The Balaban J connectivity index is 0.000000224. The molecule has 0 bridgehead atoms. The van der Waals surface area contributed by atoms with Gasteiger partial charge in [0.15, 0.2) is 5.95 Å². The summed E-state index contributed by atoms with van der Waals surface area (Å²) in [4.78, 5) is 95.8. The molecule has 25 nitrogen and oxygen atoms in total. The molecule has 144 heavy (non-hydrogen) atoms. The normalized spacial score (nSPS) is 18.8. The van der Waals surface area contributed by atoms with Crippen molar-refractivity contribution < 1.29 is 127 Å². The number of imidazole rings is 3. The Kier molecular flexibility index (Phi) is 36.4. The number of rotatable bonds is 29. The van der Waals surface area contributed by atoms with Crippen molar-refractivity contribution in [2.45, 2.75) is 243 Å². The van der Waals surface area contributed by atoms with Crippen LogP contribution in [0.15, 0.2) is 146 Å². The van der Waals surface area contributed by atoms with Crippen LogP contribution in [0.1, 0.15) is 210 Å². The number of aromatic nitrogens is 6. The lowest BCUT2D eigenvalue weighted by molar-refractivity contribution is -0.156. The molecule has 0 saturated carbocycles. The minimum absolute atomic E-state index is 0.0143. The molecule has 2 amide bonds. The first-order valence-corrected chi connectivity index (χ1v) is 46.1. The second-order valence-corrected chi connectivity index (χ2v) is 40.9. The van der Waals surface area contributed by atoms with Crippen LogP contribution in [0.5, 0.6) is 0 Å². The molecule has 3 aliphatic rings. The van der Waals surface area contributed by atoms with Crippen LogP contribution < -0.4 is 31.1 Å².